The molecule has 0 saturated heterocycles. The molecule has 4 rings (SSSR count). The fourth-order valence-electron chi connectivity index (χ4n) is 3.01. The van der Waals surface area contributed by atoms with Crippen LogP contribution in [0, 0.1) is 0 Å². The summed E-state index contributed by atoms with van der Waals surface area (Å²) < 4.78 is 0. The Hall–Kier alpha value is -2.89. The average molecular weight is 384 g/mol. The van der Waals surface area contributed by atoms with Gasteiger partial charge >= 0.3 is 0 Å². The molecular weight excluding hydrogens is 377 g/mol. The number of hydrogen-bond donors (Lipinski definition) is 0. The van der Waals surface area contributed by atoms with Crippen molar-refractivity contribution < 1.29 is 19.2 Å². The second-order valence-electron chi connectivity index (χ2n) is 5.64. The molecule has 2 aromatic rings. The summed E-state index contributed by atoms with van der Waals surface area (Å²) in [4.78, 5) is 54.7. The second kappa shape index (κ2) is 5.83. The van der Waals surface area contributed by atoms with Crippen molar-refractivity contribution in [3.8, 4) is 0 Å². The van der Waals surface area contributed by atoms with Crippen LogP contribution in [0.25, 0.3) is 0 Å². The summed E-state index contributed by atoms with van der Waals surface area (Å²) in [6, 6.07) is 9.01. The van der Waals surface area contributed by atoms with E-state index in [2.05, 4.69) is 4.98 Å². The van der Waals surface area contributed by atoms with Gasteiger partial charge < -0.3 is 0 Å². The third kappa shape index (κ3) is 2.14. The average Bonchev–Trinajstić information content (AvgIpc) is 2.67. The number of halogens is 2. The third-order valence-corrected chi connectivity index (χ3v) is 4.95. The molecule has 7 heteroatoms. The summed E-state index contributed by atoms with van der Waals surface area (Å²) >= 11 is 12.2. The summed E-state index contributed by atoms with van der Waals surface area (Å²) in [6.07, 6.45) is 1.36. The number of benzene rings is 1. The van der Waals surface area contributed by atoms with Gasteiger partial charge in [0.25, 0.3) is 0 Å². The smallest absolute Gasteiger partial charge is 0.224 e. The van der Waals surface area contributed by atoms with Gasteiger partial charge in [-0.05, 0) is 12.1 Å². The van der Waals surface area contributed by atoms with Crippen LogP contribution in [-0.4, -0.2) is 28.1 Å². The van der Waals surface area contributed by atoms with Crippen molar-refractivity contribution in [2.24, 2.45) is 0 Å². The van der Waals surface area contributed by atoms with E-state index < -0.39 is 33.2 Å². The standard InChI is InChI=1S/C19H7Cl2NO4/c20-13-11(16(23)8-4-1-2-5-9(8)18(13)25)12-14(21)19(26)15-10(17(12)24)6-3-7-22-15/h1-7H. The maximum atomic E-state index is 12.9. The minimum Gasteiger partial charge on any atom is -0.289 e. The SMILES string of the molecule is O=C1C(Cl)=C(C2=C(Cl)C(=O)c3ncccc3C2=O)C(=O)c2ccccc21. The van der Waals surface area contributed by atoms with E-state index in [1.54, 1.807) is 12.1 Å². The van der Waals surface area contributed by atoms with Crippen LogP contribution in [0.2, 0.25) is 0 Å². The first kappa shape index (κ1) is 16.6. The zero-order chi connectivity index (χ0) is 18.6. The summed E-state index contributed by atoms with van der Waals surface area (Å²) in [5.41, 5.74) is -0.570. The van der Waals surface area contributed by atoms with Crippen LogP contribution in [0.5, 0.6) is 0 Å². The lowest BCUT2D eigenvalue weighted by Gasteiger charge is -2.22. The topological polar surface area (TPSA) is 81.2 Å². The first-order valence-corrected chi connectivity index (χ1v) is 8.21. The van der Waals surface area contributed by atoms with E-state index in [1.165, 1.54) is 30.5 Å². The quantitative estimate of drug-likeness (QED) is 0.752. The fourth-order valence-corrected chi connectivity index (χ4v) is 3.57. The van der Waals surface area contributed by atoms with E-state index in [1.807, 2.05) is 0 Å². The molecular formula is C19H7Cl2NO4. The number of hydrogen-bond acceptors (Lipinski definition) is 5. The first-order chi connectivity index (χ1) is 12.4. The lowest BCUT2D eigenvalue weighted by Crippen LogP contribution is -2.28. The summed E-state index contributed by atoms with van der Waals surface area (Å²) in [5, 5.41) is -0.912. The van der Waals surface area contributed by atoms with Crippen molar-refractivity contribution >= 4 is 46.3 Å². The lowest BCUT2D eigenvalue weighted by atomic mass is 9.80. The maximum Gasteiger partial charge on any atom is 0.224 e. The number of carbonyl (C=O) groups is 4. The first-order valence-electron chi connectivity index (χ1n) is 7.46. The van der Waals surface area contributed by atoms with Crippen molar-refractivity contribution in [3.05, 3.63) is 86.2 Å². The highest BCUT2D eigenvalue weighted by Gasteiger charge is 2.41. The Morgan fingerprint density at radius 3 is 1.77 bits per heavy atom. The molecule has 1 heterocycles. The molecule has 26 heavy (non-hydrogen) atoms. The predicted octanol–water partition coefficient (Wildman–Crippen LogP) is 3.53. The van der Waals surface area contributed by atoms with Gasteiger partial charge in [0.05, 0.1) is 16.7 Å². The highest BCUT2D eigenvalue weighted by molar-refractivity contribution is 6.55. The molecule has 2 aliphatic rings. The largest absolute Gasteiger partial charge is 0.289 e. The summed E-state index contributed by atoms with van der Waals surface area (Å²) in [7, 11) is 0. The zero-order valence-electron chi connectivity index (χ0n) is 12.9. The molecule has 0 aliphatic heterocycles. The number of ketones is 4. The number of Topliss-reactive ketones (excluding diaryl/α,β-unsaturated/α-hetero) is 4. The number of aromatic nitrogens is 1. The van der Waals surface area contributed by atoms with Gasteiger partial charge in [-0.2, -0.15) is 0 Å². The Bertz CT molecular complexity index is 1040. The number of allylic oxidation sites excluding steroid dienone is 4. The van der Waals surface area contributed by atoms with Gasteiger partial charge in [0.2, 0.25) is 11.6 Å². The zero-order valence-corrected chi connectivity index (χ0v) is 14.4. The highest BCUT2D eigenvalue weighted by atomic mass is 35.5. The Labute approximate surface area is 156 Å². The Balaban J connectivity index is 1.99. The molecule has 0 fully saturated rings. The molecule has 2 aliphatic carbocycles. The number of carbonyl (C=O) groups excluding carboxylic acids is 4. The van der Waals surface area contributed by atoms with Crippen LogP contribution in [0.1, 0.15) is 41.6 Å². The molecule has 1 aromatic heterocycles. The number of rotatable bonds is 1. The van der Waals surface area contributed by atoms with Gasteiger partial charge in [0.1, 0.15) is 15.8 Å². The van der Waals surface area contributed by atoms with Gasteiger partial charge in [-0.25, -0.2) is 0 Å². The van der Waals surface area contributed by atoms with Crippen molar-refractivity contribution in [2.75, 3.05) is 0 Å². The van der Waals surface area contributed by atoms with E-state index in [-0.39, 0.29) is 33.5 Å². The van der Waals surface area contributed by atoms with Crippen LogP contribution < -0.4 is 0 Å². The minimum absolute atomic E-state index is 0.00738. The second-order valence-corrected chi connectivity index (χ2v) is 6.40. The van der Waals surface area contributed by atoms with E-state index in [9.17, 15) is 19.2 Å². The molecule has 0 spiro atoms. The maximum absolute atomic E-state index is 12.9. The predicted molar refractivity (Wildman–Crippen MR) is 93.8 cm³/mol. The lowest BCUT2D eigenvalue weighted by molar-refractivity contribution is 0.0957. The molecule has 0 unspecified atom stereocenters. The third-order valence-electron chi connectivity index (χ3n) is 4.23. The molecule has 0 bridgehead atoms. The normalized spacial score (nSPS) is 16.8. The Morgan fingerprint density at radius 2 is 1.12 bits per heavy atom. The van der Waals surface area contributed by atoms with E-state index in [0.29, 0.717) is 0 Å². The van der Waals surface area contributed by atoms with E-state index in [0.717, 1.165) is 0 Å². The Morgan fingerprint density at radius 1 is 0.615 bits per heavy atom. The molecule has 126 valence electrons. The molecule has 0 radical (unpaired) electrons. The van der Waals surface area contributed by atoms with Gasteiger partial charge in [-0.1, -0.05) is 47.5 Å². The molecule has 0 saturated carbocycles. The van der Waals surface area contributed by atoms with Crippen LogP contribution in [0.4, 0.5) is 0 Å². The fraction of sp³-hybridized carbons (Fsp3) is 0. The van der Waals surface area contributed by atoms with Crippen LogP contribution in [-0.2, 0) is 0 Å². The van der Waals surface area contributed by atoms with Crippen molar-refractivity contribution in [2.45, 2.75) is 0 Å². The van der Waals surface area contributed by atoms with E-state index in [4.69, 9.17) is 23.2 Å². The molecule has 0 amide bonds. The van der Waals surface area contributed by atoms with Gasteiger partial charge in [-0.15, -0.1) is 0 Å². The summed E-state index contributed by atoms with van der Waals surface area (Å²) in [6.45, 7) is 0. The minimum atomic E-state index is -0.701. The number of nitrogens with zero attached hydrogens (tertiary/aromatic N) is 1. The van der Waals surface area contributed by atoms with E-state index >= 15 is 0 Å². The molecule has 1 aromatic carbocycles. The number of pyridine rings is 1. The van der Waals surface area contributed by atoms with Crippen molar-refractivity contribution in [1.29, 1.82) is 0 Å². The van der Waals surface area contributed by atoms with Gasteiger partial charge in [0, 0.05) is 17.3 Å². The van der Waals surface area contributed by atoms with Crippen molar-refractivity contribution in [1.82, 2.24) is 4.98 Å². The summed E-state index contributed by atoms with van der Waals surface area (Å²) in [5.74, 6) is -2.61. The monoisotopic (exact) mass is 383 g/mol. The van der Waals surface area contributed by atoms with Crippen LogP contribution in [0.15, 0.2) is 63.8 Å². The molecule has 5 nitrogen and oxygen atoms in total. The van der Waals surface area contributed by atoms with Crippen LogP contribution in [0.3, 0.4) is 0 Å². The van der Waals surface area contributed by atoms with Gasteiger partial charge in [0.15, 0.2) is 11.6 Å². The van der Waals surface area contributed by atoms with Gasteiger partial charge in [-0.3, -0.25) is 24.2 Å². The van der Waals surface area contributed by atoms with Crippen molar-refractivity contribution in [3.63, 3.8) is 0 Å². The Kier molecular flexibility index (Phi) is 3.72. The van der Waals surface area contributed by atoms with Crippen LogP contribution >= 0.6 is 23.2 Å². The molecule has 0 atom stereocenters. The molecule has 0 N–H and O–H groups in total. The highest BCUT2D eigenvalue weighted by Crippen LogP contribution is 2.38. The number of fused-ring (bicyclic) bond motifs is 2.